The number of carbonyl (C=O) groups is 1. The van der Waals surface area contributed by atoms with Crippen molar-refractivity contribution in [3.8, 4) is 0 Å². The van der Waals surface area contributed by atoms with Crippen molar-refractivity contribution in [1.29, 1.82) is 0 Å². The maximum Gasteiger partial charge on any atom is 0.227 e. The van der Waals surface area contributed by atoms with E-state index in [4.69, 9.17) is 0 Å². The van der Waals surface area contributed by atoms with Crippen LogP contribution < -0.4 is 10.2 Å². The van der Waals surface area contributed by atoms with Gasteiger partial charge >= 0.3 is 0 Å². The van der Waals surface area contributed by atoms with Crippen LogP contribution in [0.3, 0.4) is 0 Å². The average molecular weight is 301 g/mol. The standard InChI is InChI=1S/C12H14BrFN2O/c1-15-10-3-2-9(14)5-11(10)16-7-8(6-13)4-12(16)17/h2-3,5,8,15H,4,6-7H2,1H3. The summed E-state index contributed by atoms with van der Waals surface area (Å²) in [4.78, 5) is 13.5. The Hall–Kier alpha value is -1.10. The van der Waals surface area contributed by atoms with Gasteiger partial charge in [0.2, 0.25) is 5.91 Å². The zero-order valence-corrected chi connectivity index (χ0v) is 11.1. The lowest BCUT2D eigenvalue weighted by atomic mass is 10.2. The number of nitrogens with zero attached hydrogens (tertiary/aromatic N) is 1. The monoisotopic (exact) mass is 300 g/mol. The summed E-state index contributed by atoms with van der Waals surface area (Å²) in [5.74, 6) is 0.0288. The molecule has 1 atom stereocenters. The quantitative estimate of drug-likeness (QED) is 0.870. The summed E-state index contributed by atoms with van der Waals surface area (Å²) in [6.45, 7) is 0.641. The van der Waals surface area contributed by atoms with Crippen molar-refractivity contribution >= 4 is 33.2 Å². The van der Waals surface area contributed by atoms with Gasteiger partial charge in [0, 0.05) is 25.3 Å². The molecule has 1 saturated heterocycles. The third kappa shape index (κ3) is 2.44. The van der Waals surface area contributed by atoms with Crippen LogP contribution in [0.15, 0.2) is 18.2 Å². The molecule has 2 rings (SSSR count). The second-order valence-electron chi connectivity index (χ2n) is 4.14. The molecule has 1 amide bonds. The van der Waals surface area contributed by atoms with Crippen LogP contribution in [0.4, 0.5) is 15.8 Å². The molecule has 0 radical (unpaired) electrons. The minimum Gasteiger partial charge on any atom is -0.386 e. The maximum absolute atomic E-state index is 13.3. The summed E-state index contributed by atoms with van der Waals surface area (Å²) < 4.78 is 13.3. The van der Waals surface area contributed by atoms with Crippen molar-refractivity contribution in [3.63, 3.8) is 0 Å². The molecule has 1 aliphatic heterocycles. The van der Waals surface area contributed by atoms with Crippen LogP contribution in [0.5, 0.6) is 0 Å². The van der Waals surface area contributed by atoms with Gasteiger partial charge in [-0.3, -0.25) is 4.79 Å². The van der Waals surface area contributed by atoms with Crippen molar-refractivity contribution in [2.75, 3.05) is 29.1 Å². The van der Waals surface area contributed by atoms with E-state index in [-0.39, 0.29) is 11.7 Å². The summed E-state index contributed by atoms with van der Waals surface area (Å²) in [5, 5.41) is 3.77. The number of hydrogen-bond donors (Lipinski definition) is 1. The third-order valence-electron chi connectivity index (χ3n) is 2.94. The lowest BCUT2D eigenvalue weighted by Crippen LogP contribution is -2.25. The molecule has 92 valence electrons. The zero-order chi connectivity index (χ0) is 12.4. The van der Waals surface area contributed by atoms with Gasteiger partial charge in [-0.25, -0.2) is 4.39 Å². The van der Waals surface area contributed by atoms with E-state index in [9.17, 15) is 9.18 Å². The fraction of sp³-hybridized carbons (Fsp3) is 0.417. The Bertz CT molecular complexity index is 439. The molecule has 0 bridgehead atoms. The molecule has 1 aromatic carbocycles. The number of hydrogen-bond acceptors (Lipinski definition) is 2. The number of nitrogens with one attached hydrogen (secondary N) is 1. The summed E-state index contributed by atoms with van der Waals surface area (Å²) in [5.41, 5.74) is 1.40. The molecular formula is C12H14BrFN2O. The first kappa shape index (κ1) is 12.4. The highest BCUT2D eigenvalue weighted by Crippen LogP contribution is 2.32. The number of benzene rings is 1. The second kappa shape index (κ2) is 5.04. The first-order chi connectivity index (χ1) is 8.15. The molecule has 1 fully saturated rings. The zero-order valence-electron chi connectivity index (χ0n) is 9.54. The van der Waals surface area contributed by atoms with E-state index in [1.165, 1.54) is 12.1 Å². The molecule has 0 spiro atoms. The van der Waals surface area contributed by atoms with Crippen LogP contribution in [0.1, 0.15) is 6.42 Å². The van der Waals surface area contributed by atoms with E-state index in [0.717, 1.165) is 11.0 Å². The Balaban J connectivity index is 2.33. The first-order valence-corrected chi connectivity index (χ1v) is 6.61. The first-order valence-electron chi connectivity index (χ1n) is 5.49. The average Bonchev–Trinajstić information content (AvgIpc) is 2.70. The lowest BCUT2D eigenvalue weighted by molar-refractivity contribution is -0.117. The number of alkyl halides is 1. The second-order valence-corrected chi connectivity index (χ2v) is 4.79. The van der Waals surface area contributed by atoms with Gasteiger partial charge in [-0.2, -0.15) is 0 Å². The predicted molar refractivity (Wildman–Crippen MR) is 70.2 cm³/mol. The molecule has 0 aliphatic carbocycles. The van der Waals surface area contributed by atoms with Gasteiger partial charge < -0.3 is 10.2 Å². The van der Waals surface area contributed by atoms with Gasteiger partial charge in [-0.05, 0) is 24.1 Å². The highest BCUT2D eigenvalue weighted by atomic mass is 79.9. The van der Waals surface area contributed by atoms with E-state index < -0.39 is 0 Å². The number of anilines is 2. The number of rotatable bonds is 3. The fourth-order valence-electron chi connectivity index (χ4n) is 2.06. The van der Waals surface area contributed by atoms with Crippen molar-refractivity contribution in [3.05, 3.63) is 24.0 Å². The molecule has 1 heterocycles. The Kier molecular flexibility index (Phi) is 3.66. The van der Waals surface area contributed by atoms with E-state index in [0.29, 0.717) is 24.6 Å². The topological polar surface area (TPSA) is 32.3 Å². The predicted octanol–water partition coefficient (Wildman–Crippen LogP) is 2.62. The Morgan fingerprint density at radius 2 is 2.35 bits per heavy atom. The Morgan fingerprint density at radius 1 is 1.59 bits per heavy atom. The van der Waals surface area contributed by atoms with E-state index in [1.807, 2.05) is 0 Å². The summed E-state index contributed by atoms with van der Waals surface area (Å²) in [7, 11) is 1.76. The van der Waals surface area contributed by atoms with E-state index in [2.05, 4.69) is 21.2 Å². The van der Waals surface area contributed by atoms with Gasteiger partial charge in [0.1, 0.15) is 5.82 Å². The highest BCUT2D eigenvalue weighted by molar-refractivity contribution is 9.09. The van der Waals surface area contributed by atoms with Gasteiger partial charge in [0.25, 0.3) is 0 Å². The number of halogens is 2. The normalized spacial score (nSPS) is 19.8. The van der Waals surface area contributed by atoms with Crippen LogP contribution in [-0.4, -0.2) is 24.8 Å². The molecular weight excluding hydrogens is 287 g/mol. The van der Waals surface area contributed by atoms with Crippen molar-refractivity contribution in [2.24, 2.45) is 5.92 Å². The van der Waals surface area contributed by atoms with Crippen molar-refractivity contribution in [2.45, 2.75) is 6.42 Å². The maximum atomic E-state index is 13.3. The fourth-order valence-corrected chi connectivity index (χ4v) is 2.49. The van der Waals surface area contributed by atoms with Crippen LogP contribution >= 0.6 is 15.9 Å². The molecule has 3 nitrogen and oxygen atoms in total. The lowest BCUT2D eigenvalue weighted by Gasteiger charge is -2.20. The third-order valence-corrected chi connectivity index (χ3v) is 3.86. The van der Waals surface area contributed by atoms with Crippen LogP contribution in [0.2, 0.25) is 0 Å². The molecule has 17 heavy (non-hydrogen) atoms. The van der Waals surface area contributed by atoms with Crippen LogP contribution in [0, 0.1) is 11.7 Å². The Labute approximate surface area is 108 Å². The minimum atomic E-state index is -0.325. The molecule has 0 saturated carbocycles. The van der Waals surface area contributed by atoms with Gasteiger partial charge in [-0.15, -0.1) is 0 Å². The SMILES string of the molecule is CNc1ccc(F)cc1N1CC(CBr)CC1=O. The number of carbonyl (C=O) groups excluding carboxylic acids is 1. The summed E-state index contributed by atoms with van der Waals surface area (Å²) in [6, 6.07) is 4.44. The molecule has 1 aliphatic rings. The molecule has 1 N–H and O–H groups in total. The highest BCUT2D eigenvalue weighted by Gasteiger charge is 2.31. The summed E-state index contributed by atoms with van der Waals surface area (Å²) >= 11 is 3.39. The molecule has 5 heteroatoms. The molecule has 0 aromatic heterocycles. The number of amides is 1. The van der Waals surface area contributed by atoms with E-state index >= 15 is 0 Å². The smallest absolute Gasteiger partial charge is 0.227 e. The molecule has 1 aromatic rings. The van der Waals surface area contributed by atoms with Gasteiger partial charge in [-0.1, -0.05) is 15.9 Å². The van der Waals surface area contributed by atoms with Gasteiger partial charge in [0.05, 0.1) is 11.4 Å². The van der Waals surface area contributed by atoms with Crippen LogP contribution in [0.25, 0.3) is 0 Å². The Morgan fingerprint density at radius 3 is 2.94 bits per heavy atom. The minimum absolute atomic E-state index is 0.0524. The van der Waals surface area contributed by atoms with Gasteiger partial charge in [0.15, 0.2) is 0 Å². The van der Waals surface area contributed by atoms with Crippen molar-refractivity contribution < 1.29 is 9.18 Å². The van der Waals surface area contributed by atoms with Crippen molar-refractivity contribution in [1.82, 2.24) is 0 Å². The van der Waals surface area contributed by atoms with E-state index in [1.54, 1.807) is 18.0 Å². The molecule has 1 unspecified atom stereocenters. The summed E-state index contributed by atoms with van der Waals surface area (Å²) in [6.07, 6.45) is 0.519. The van der Waals surface area contributed by atoms with Crippen LogP contribution in [-0.2, 0) is 4.79 Å². The largest absolute Gasteiger partial charge is 0.386 e.